The molecule has 0 unspecified atom stereocenters. The topological polar surface area (TPSA) is 17.1 Å². The van der Waals surface area contributed by atoms with Gasteiger partial charge in [0.2, 0.25) is 5.24 Å². The van der Waals surface area contributed by atoms with Crippen molar-refractivity contribution in [1.29, 1.82) is 0 Å². The van der Waals surface area contributed by atoms with E-state index in [1.165, 1.54) is 11.6 Å². The van der Waals surface area contributed by atoms with Crippen molar-refractivity contribution < 1.29 is 4.79 Å². The van der Waals surface area contributed by atoms with Gasteiger partial charge in [-0.15, -0.1) is 0 Å². The predicted molar refractivity (Wildman–Crippen MR) is 78.2 cm³/mol. The minimum absolute atomic E-state index is 0.490. The van der Waals surface area contributed by atoms with Crippen LogP contribution >= 0.6 is 45.8 Å². The van der Waals surface area contributed by atoms with Crippen molar-refractivity contribution in [1.82, 2.24) is 0 Å². The van der Waals surface area contributed by atoms with E-state index < -0.39 is 5.24 Å². The average Bonchev–Trinajstić information content (AvgIpc) is 2.25. The van der Waals surface area contributed by atoms with E-state index >= 15 is 0 Å². The molecule has 1 rings (SSSR count). The largest absolute Gasteiger partial charge is 0.276 e. The summed E-state index contributed by atoms with van der Waals surface area (Å²) in [6.07, 6.45) is 6.42. The highest BCUT2D eigenvalue weighted by Gasteiger charge is 1.97. The first kappa shape index (κ1) is 13.7. The van der Waals surface area contributed by atoms with Gasteiger partial charge in [-0.25, -0.2) is 0 Å². The number of carbonyl (C=O) groups excluding carboxylic acids is 1. The second-order valence-electron chi connectivity index (χ2n) is 3.01. The first-order valence-electron chi connectivity index (χ1n) is 4.52. The Hall–Kier alpha value is -0.320. The molecule has 0 amide bonds. The van der Waals surface area contributed by atoms with Gasteiger partial charge < -0.3 is 0 Å². The van der Waals surface area contributed by atoms with Crippen molar-refractivity contribution in [3.05, 3.63) is 52.6 Å². The molecular formula is C12H9Cl2IO. The van der Waals surface area contributed by atoms with Crippen molar-refractivity contribution in [2.75, 3.05) is 0 Å². The molecule has 0 N–H and O–H groups in total. The fraction of sp³-hybridized carbons (Fsp3) is 0.0833. The van der Waals surface area contributed by atoms with Crippen LogP contribution in [0, 0.1) is 0 Å². The van der Waals surface area contributed by atoms with Crippen LogP contribution in [0.3, 0.4) is 0 Å². The second kappa shape index (κ2) is 7.09. The molecular weight excluding hydrogens is 358 g/mol. The number of alkyl halides is 1. The average molecular weight is 367 g/mol. The number of carbonyl (C=O) groups is 1. The standard InChI is InChI=1S/C12H9Cl2IO/c13-11-7-9(8-15)5-6-10(11)3-1-2-4-12(14)16/h1-7H,8H2/b3-1+,4-2+. The van der Waals surface area contributed by atoms with Gasteiger partial charge in [0.25, 0.3) is 0 Å². The molecule has 84 valence electrons. The van der Waals surface area contributed by atoms with Crippen LogP contribution in [-0.2, 0) is 9.22 Å². The van der Waals surface area contributed by atoms with Crippen LogP contribution in [-0.4, -0.2) is 5.24 Å². The molecule has 16 heavy (non-hydrogen) atoms. The Morgan fingerprint density at radius 3 is 2.69 bits per heavy atom. The zero-order chi connectivity index (χ0) is 12.0. The summed E-state index contributed by atoms with van der Waals surface area (Å²) in [5, 5.41) is 0.215. The molecule has 1 nitrogen and oxygen atoms in total. The fourth-order valence-electron chi connectivity index (χ4n) is 1.08. The molecule has 0 radical (unpaired) electrons. The van der Waals surface area contributed by atoms with Gasteiger partial charge in [0.15, 0.2) is 0 Å². The van der Waals surface area contributed by atoms with E-state index in [4.69, 9.17) is 23.2 Å². The van der Waals surface area contributed by atoms with Crippen molar-refractivity contribution in [2.45, 2.75) is 4.43 Å². The van der Waals surface area contributed by atoms with Crippen molar-refractivity contribution in [3.63, 3.8) is 0 Å². The summed E-state index contributed by atoms with van der Waals surface area (Å²) in [6.45, 7) is 0. The monoisotopic (exact) mass is 366 g/mol. The van der Waals surface area contributed by atoms with Crippen molar-refractivity contribution in [3.8, 4) is 0 Å². The van der Waals surface area contributed by atoms with Crippen molar-refractivity contribution >= 4 is 57.1 Å². The first-order valence-corrected chi connectivity index (χ1v) is 6.80. The van der Waals surface area contributed by atoms with Gasteiger partial charge in [-0.2, -0.15) is 0 Å². The number of rotatable bonds is 4. The fourth-order valence-corrected chi connectivity index (χ4v) is 1.89. The third-order valence-electron chi connectivity index (χ3n) is 1.83. The molecule has 0 bridgehead atoms. The molecule has 1 aromatic rings. The van der Waals surface area contributed by atoms with E-state index in [0.717, 1.165) is 9.99 Å². The van der Waals surface area contributed by atoms with E-state index in [1.807, 2.05) is 24.3 Å². The van der Waals surface area contributed by atoms with Crippen LogP contribution in [0.5, 0.6) is 0 Å². The molecule has 0 aromatic heterocycles. The maximum atomic E-state index is 10.4. The Labute approximate surface area is 118 Å². The third kappa shape index (κ3) is 4.68. The molecule has 0 saturated carbocycles. The molecule has 1 aromatic carbocycles. The minimum atomic E-state index is -0.490. The Bertz CT molecular complexity index is 439. The van der Waals surface area contributed by atoms with Gasteiger partial charge in [0.1, 0.15) is 0 Å². The molecule has 0 saturated heterocycles. The van der Waals surface area contributed by atoms with Gasteiger partial charge in [0, 0.05) is 9.45 Å². The van der Waals surface area contributed by atoms with E-state index in [-0.39, 0.29) is 0 Å². The summed E-state index contributed by atoms with van der Waals surface area (Å²) < 4.78 is 0.933. The quantitative estimate of drug-likeness (QED) is 0.250. The summed E-state index contributed by atoms with van der Waals surface area (Å²) in [6, 6.07) is 5.90. The Morgan fingerprint density at radius 2 is 2.12 bits per heavy atom. The highest BCUT2D eigenvalue weighted by atomic mass is 127. The zero-order valence-electron chi connectivity index (χ0n) is 8.29. The first-order chi connectivity index (χ1) is 7.63. The number of hydrogen-bond acceptors (Lipinski definition) is 1. The van der Waals surface area contributed by atoms with Crippen LogP contribution in [0.25, 0.3) is 6.08 Å². The van der Waals surface area contributed by atoms with E-state index in [0.29, 0.717) is 5.02 Å². The maximum Gasteiger partial charge on any atom is 0.245 e. The highest BCUT2D eigenvalue weighted by molar-refractivity contribution is 14.1. The summed E-state index contributed by atoms with van der Waals surface area (Å²) in [7, 11) is 0. The molecule has 0 aliphatic heterocycles. The summed E-state index contributed by atoms with van der Waals surface area (Å²) in [4.78, 5) is 10.4. The van der Waals surface area contributed by atoms with Crippen LogP contribution in [0.4, 0.5) is 0 Å². The lowest BCUT2D eigenvalue weighted by Crippen LogP contribution is -1.80. The van der Waals surface area contributed by atoms with Crippen LogP contribution in [0.1, 0.15) is 11.1 Å². The molecule has 0 heterocycles. The number of benzene rings is 1. The summed E-state index contributed by atoms with van der Waals surface area (Å²) in [5.74, 6) is 0. The third-order valence-corrected chi connectivity index (χ3v) is 3.17. The number of halogens is 3. The van der Waals surface area contributed by atoms with Crippen molar-refractivity contribution in [2.24, 2.45) is 0 Å². The minimum Gasteiger partial charge on any atom is -0.276 e. The lowest BCUT2D eigenvalue weighted by molar-refractivity contribution is -0.107. The molecule has 0 atom stereocenters. The number of allylic oxidation sites excluding steroid dienone is 3. The lowest BCUT2D eigenvalue weighted by Gasteiger charge is -2.00. The smallest absolute Gasteiger partial charge is 0.245 e. The molecule has 4 heteroatoms. The molecule has 0 aliphatic carbocycles. The normalized spacial score (nSPS) is 11.4. The SMILES string of the molecule is O=C(Cl)/C=C/C=C/c1ccc(CI)cc1Cl. The second-order valence-corrected chi connectivity index (χ2v) is 4.55. The summed E-state index contributed by atoms with van der Waals surface area (Å²) in [5.41, 5.74) is 2.11. The van der Waals surface area contributed by atoms with Crippen LogP contribution in [0.15, 0.2) is 36.4 Å². The predicted octanol–water partition coefficient (Wildman–Crippen LogP) is 4.61. The van der Waals surface area contributed by atoms with Crippen LogP contribution in [0.2, 0.25) is 5.02 Å². The number of hydrogen-bond donors (Lipinski definition) is 0. The van der Waals surface area contributed by atoms with Gasteiger partial charge in [-0.05, 0) is 34.9 Å². The molecule has 0 aliphatic rings. The zero-order valence-corrected chi connectivity index (χ0v) is 12.0. The Kier molecular flexibility index (Phi) is 6.09. The molecule has 0 fully saturated rings. The Morgan fingerprint density at radius 1 is 1.38 bits per heavy atom. The van der Waals surface area contributed by atoms with Gasteiger partial charge >= 0.3 is 0 Å². The molecule has 0 spiro atoms. The van der Waals surface area contributed by atoms with Crippen LogP contribution < -0.4 is 0 Å². The maximum absolute atomic E-state index is 10.4. The van der Waals surface area contributed by atoms with Gasteiger partial charge in [-0.1, -0.05) is 64.6 Å². The summed E-state index contributed by atoms with van der Waals surface area (Å²) >= 11 is 13.5. The highest BCUT2D eigenvalue weighted by Crippen LogP contribution is 2.20. The van der Waals surface area contributed by atoms with Gasteiger partial charge in [0.05, 0.1) is 0 Å². The van der Waals surface area contributed by atoms with E-state index in [9.17, 15) is 4.79 Å². The van der Waals surface area contributed by atoms with E-state index in [1.54, 1.807) is 12.2 Å². The van der Waals surface area contributed by atoms with E-state index in [2.05, 4.69) is 22.6 Å². The van der Waals surface area contributed by atoms with Gasteiger partial charge in [-0.3, -0.25) is 4.79 Å². The Balaban J connectivity index is 2.78. The lowest BCUT2D eigenvalue weighted by atomic mass is 10.1.